The predicted molar refractivity (Wildman–Crippen MR) is 60.2 cm³/mol. The maximum absolute atomic E-state index is 6.12. The van der Waals surface area contributed by atoms with Gasteiger partial charge in [0, 0.05) is 6.42 Å². The van der Waals surface area contributed by atoms with Crippen molar-refractivity contribution < 1.29 is 0 Å². The van der Waals surface area contributed by atoms with Crippen molar-refractivity contribution in [2.75, 3.05) is 0 Å². The molecule has 0 spiro atoms. The second kappa shape index (κ2) is 2.66. The molecular weight excluding hydrogens is 233 g/mol. The van der Waals surface area contributed by atoms with Gasteiger partial charge in [-0.2, -0.15) is 0 Å². The Morgan fingerprint density at radius 2 is 2.00 bits per heavy atom. The molecule has 78 valence electrons. The zero-order chi connectivity index (χ0) is 10.7. The van der Waals surface area contributed by atoms with Crippen molar-refractivity contribution in [1.82, 2.24) is 15.0 Å². The number of nitrogens with zero attached hydrogens (tertiary/aromatic N) is 3. The van der Waals surface area contributed by atoms with Crippen molar-refractivity contribution >= 4 is 34.2 Å². The molecule has 3 nitrogen and oxygen atoms in total. The zero-order valence-corrected chi connectivity index (χ0v) is 9.63. The summed E-state index contributed by atoms with van der Waals surface area (Å²) in [5, 5.41) is 8.21. The van der Waals surface area contributed by atoms with Gasteiger partial charge in [-0.3, -0.25) is 0 Å². The fourth-order valence-electron chi connectivity index (χ4n) is 1.85. The van der Waals surface area contributed by atoms with Crippen LogP contribution < -0.4 is 0 Å². The Labute approximate surface area is 97.0 Å². The van der Waals surface area contributed by atoms with Crippen LogP contribution in [0.15, 0.2) is 24.3 Å². The molecule has 1 saturated carbocycles. The molecule has 1 heterocycles. The Morgan fingerprint density at radius 1 is 1.33 bits per heavy atom. The topological polar surface area (TPSA) is 30.7 Å². The molecule has 0 unspecified atom stereocenters. The number of hydrogen-bond acceptors (Lipinski definition) is 2. The van der Waals surface area contributed by atoms with E-state index in [0.717, 1.165) is 11.0 Å². The average molecular weight is 242 g/mol. The summed E-state index contributed by atoms with van der Waals surface area (Å²) < 4.78 is 1.10. The van der Waals surface area contributed by atoms with Crippen LogP contribution in [0.5, 0.6) is 0 Å². The van der Waals surface area contributed by atoms with Crippen LogP contribution in [0.25, 0.3) is 11.0 Å². The number of aromatic nitrogens is 3. The van der Waals surface area contributed by atoms with Crippen molar-refractivity contribution in [3.8, 4) is 0 Å². The first-order chi connectivity index (χ1) is 7.05. The summed E-state index contributed by atoms with van der Waals surface area (Å²) in [5.41, 5.74) is 1.52. The molecule has 0 radical (unpaired) electrons. The number of para-hydroxylation sites is 1. The Morgan fingerprint density at radius 3 is 2.67 bits per heavy atom. The lowest BCUT2D eigenvalue weighted by molar-refractivity contribution is 0.467. The maximum atomic E-state index is 6.12. The van der Waals surface area contributed by atoms with Gasteiger partial charge in [-0.1, -0.05) is 40.5 Å². The molecule has 0 aliphatic heterocycles. The summed E-state index contributed by atoms with van der Waals surface area (Å²) in [6.45, 7) is 1.99. The Hall–Kier alpha value is -0.800. The first-order valence-electron chi connectivity index (χ1n) is 4.73. The summed E-state index contributed by atoms with van der Waals surface area (Å²) in [5.74, 6) is 0. The fraction of sp³-hybridized carbons (Fsp3) is 0.400. The van der Waals surface area contributed by atoms with E-state index in [9.17, 15) is 0 Å². The third-order valence-corrected chi connectivity index (χ3v) is 4.13. The number of alkyl halides is 2. The summed E-state index contributed by atoms with van der Waals surface area (Å²) in [6.07, 6.45) is 0.705. The van der Waals surface area contributed by atoms with Gasteiger partial charge in [0.25, 0.3) is 0 Å². The zero-order valence-electron chi connectivity index (χ0n) is 8.11. The van der Waals surface area contributed by atoms with Crippen LogP contribution in [0, 0.1) is 0 Å². The molecule has 3 rings (SSSR count). The Kier molecular flexibility index (Phi) is 1.67. The molecule has 0 saturated heterocycles. The first-order valence-corrected chi connectivity index (χ1v) is 5.49. The van der Waals surface area contributed by atoms with Gasteiger partial charge in [0.15, 0.2) is 0 Å². The van der Waals surface area contributed by atoms with Crippen molar-refractivity contribution in [2.45, 2.75) is 23.2 Å². The smallest absolute Gasteiger partial charge is 0.145 e. The SMILES string of the molecule is C[C@]1(n2nnc3ccccc32)CC1(Cl)Cl. The van der Waals surface area contributed by atoms with Gasteiger partial charge >= 0.3 is 0 Å². The van der Waals surface area contributed by atoms with E-state index in [1.807, 2.05) is 35.9 Å². The fourth-order valence-corrected chi connectivity index (χ4v) is 2.53. The number of halogens is 2. The van der Waals surface area contributed by atoms with E-state index in [1.54, 1.807) is 0 Å². The summed E-state index contributed by atoms with van der Waals surface area (Å²) >= 11 is 12.2. The van der Waals surface area contributed by atoms with Crippen LogP contribution in [0.1, 0.15) is 13.3 Å². The van der Waals surface area contributed by atoms with E-state index in [2.05, 4.69) is 10.3 Å². The lowest BCUT2D eigenvalue weighted by Gasteiger charge is -2.12. The Bertz CT molecular complexity index is 534. The van der Waals surface area contributed by atoms with Gasteiger partial charge in [-0.25, -0.2) is 4.68 Å². The highest BCUT2D eigenvalue weighted by atomic mass is 35.5. The lowest BCUT2D eigenvalue weighted by Crippen LogP contribution is -2.21. The predicted octanol–water partition coefficient (Wildman–Crippen LogP) is 2.72. The first kappa shape index (κ1) is 9.43. The number of benzene rings is 1. The maximum Gasteiger partial charge on any atom is 0.145 e. The van der Waals surface area contributed by atoms with E-state index in [-0.39, 0.29) is 5.54 Å². The van der Waals surface area contributed by atoms with Crippen LogP contribution in [0.2, 0.25) is 0 Å². The molecule has 0 amide bonds. The van der Waals surface area contributed by atoms with Gasteiger partial charge < -0.3 is 0 Å². The molecule has 1 aromatic heterocycles. The second-order valence-electron chi connectivity index (χ2n) is 4.15. The molecule has 0 bridgehead atoms. The molecule has 5 heteroatoms. The summed E-state index contributed by atoms with van der Waals surface area (Å²) in [7, 11) is 0. The number of fused-ring (bicyclic) bond motifs is 1. The van der Waals surface area contributed by atoms with Gasteiger partial charge in [0.2, 0.25) is 0 Å². The molecule has 1 aliphatic carbocycles. The van der Waals surface area contributed by atoms with Crippen molar-refractivity contribution in [2.24, 2.45) is 0 Å². The van der Waals surface area contributed by atoms with Gasteiger partial charge in [0.1, 0.15) is 9.85 Å². The normalized spacial score (nSPS) is 28.2. The third kappa shape index (κ3) is 1.13. The molecule has 0 N–H and O–H groups in total. The highest BCUT2D eigenvalue weighted by molar-refractivity contribution is 6.51. The summed E-state index contributed by atoms with van der Waals surface area (Å²) in [6, 6.07) is 7.79. The molecule has 2 aromatic rings. The lowest BCUT2D eigenvalue weighted by atomic mass is 10.2. The monoisotopic (exact) mass is 241 g/mol. The van der Waals surface area contributed by atoms with Crippen LogP contribution in [-0.4, -0.2) is 19.3 Å². The number of hydrogen-bond donors (Lipinski definition) is 0. The van der Waals surface area contributed by atoms with E-state index < -0.39 is 4.33 Å². The van der Waals surface area contributed by atoms with Gasteiger partial charge in [-0.15, -0.1) is 5.10 Å². The van der Waals surface area contributed by atoms with Crippen LogP contribution in [0.3, 0.4) is 0 Å². The van der Waals surface area contributed by atoms with E-state index in [0.29, 0.717) is 6.42 Å². The molecule has 15 heavy (non-hydrogen) atoms. The second-order valence-corrected chi connectivity index (χ2v) is 5.63. The molecule has 1 fully saturated rings. The van der Waals surface area contributed by atoms with Gasteiger partial charge in [0.05, 0.1) is 11.1 Å². The van der Waals surface area contributed by atoms with Crippen LogP contribution in [-0.2, 0) is 5.54 Å². The largest absolute Gasteiger partial charge is 0.236 e. The van der Waals surface area contributed by atoms with Crippen molar-refractivity contribution in [1.29, 1.82) is 0 Å². The van der Waals surface area contributed by atoms with Crippen LogP contribution in [0.4, 0.5) is 0 Å². The van der Waals surface area contributed by atoms with Gasteiger partial charge in [-0.05, 0) is 19.1 Å². The van der Waals surface area contributed by atoms with E-state index >= 15 is 0 Å². The molecule has 1 atom stereocenters. The molecule has 1 aliphatic rings. The van der Waals surface area contributed by atoms with E-state index in [1.165, 1.54) is 0 Å². The average Bonchev–Trinajstić information content (AvgIpc) is 2.61. The minimum Gasteiger partial charge on any atom is -0.236 e. The third-order valence-electron chi connectivity index (χ3n) is 3.05. The van der Waals surface area contributed by atoms with Crippen molar-refractivity contribution in [3.05, 3.63) is 24.3 Å². The minimum atomic E-state index is -0.719. The van der Waals surface area contributed by atoms with Crippen molar-refractivity contribution in [3.63, 3.8) is 0 Å². The minimum absolute atomic E-state index is 0.327. The van der Waals surface area contributed by atoms with Crippen LogP contribution >= 0.6 is 23.2 Å². The quantitative estimate of drug-likeness (QED) is 0.720. The highest BCUT2D eigenvalue weighted by Gasteiger charge is 2.66. The molecule has 1 aromatic carbocycles. The standard InChI is InChI=1S/C10H9Cl2N3/c1-9(6-10(9,11)12)15-8-5-3-2-4-7(8)13-14-15/h2-5H,6H2,1H3/t9-/m0/s1. The highest BCUT2D eigenvalue weighted by Crippen LogP contribution is 2.61. The molecular formula is C10H9Cl2N3. The number of rotatable bonds is 1. The Balaban J connectivity index is 2.21. The van der Waals surface area contributed by atoms with E-state index in [4.69, 9.17) is 23.2 Å². The summed E-state index contributed by atoms with van der Waals surface area (Å²) in [4.78, 5) is 0.